The molecule has 1 aliphatic rings. The van der Waals surface area contributed by atoms with E-state index in [-0.39, 0.29) is 11.7 Å². The molecule has 5 rings (SSSR count). The quantitative estimate of drug-likeness (QED) is 0.331. The van der Waals surface area contributed by atoms with Crippen LogP contribution in [-0.2, 0) is 4.79 Å². The number of para-hydroxylation sites is 1. The Labute approximate surface area is 198 Å². The number of carbonyl (C=O) groups is 1. The number of carbonyl (C=O) groups excluding carboxylic acids is 1. The minimum atomic E-state index is -0.0702. The molecule has 160 valence electrons. The van der Waals surface area contributed by atoms with Crippen molar-refractivity contribution >= 4 is 64.6 Å². The van der Waals surface area contributed by atoms with Crippen molar-refractivity contribution in [3.63, 3.8) is 0 Å². The molecule has 0 saturated heterocycles. The van der Waals surface area contributed by atoms with Gasteiger partial charge >= 0.3 is 0 Å². The molecule has 3 heterocycles. The first kappa shape index (κ1) is 20.9. The van der Waals surface area contributed by atoms with E-state index in [0.717, 1.165) is 32.7 Å². The van der Waals surface area contributed by atoms with Crippen molar-refractivity contribution in [2.75, 3.05) is 10.7 Å². The number of nitrogens with one attached hydrogen (secondary N) is 1. The molecule has 32 heavy (non-hydrogen) atoms. The van der Waals surface area contributed by atoms with E-state index in [1.807, 2.05) is 67.6 Å². The van der Waals surface area contributed by atoms with E-state index >= 15 is 0 Å². The molecule has 1 N–H and O–H groups in total. The van der Waals surface area contributed by atoms with Gasteiger partial charge in [0, 0.05) is 14.8 Å². The van der Waals surface area contributed by atoms with Gasteiger partial charge in [-0.3, -0.25) is 14.8 Å². The summed E-state index contributed by atoms with van der Waals surface area (Å²) in [5.41, 5.74) is 1.64. The van der Waals surface area contributed by atoms with E-state index in [9.17, 15) is 4.79 Å². The van der Waals surface area contributed by atoms with Crippen LogP contribution in [0.3, 0.4) is 0 Å². The van der Waals surface area contributed by atoms with E-state index in [4.69, 9.17) is 16.0 Å². The molecule has 0 spiro atoms. The second-order valence-corrected chi connectivity index (χ2v) is 9.45. The van der Waals surface area contributed by atoms with Crippen molar-refractivity contribution in [2.45, 2.75) is 21.9 Å². The second kappa shape index (κ2) is 8.90. The number of fused-ring (bicyclic) bond motifs is 2. The highest BCUT2D eigenvalue weighted by molar-refractivity contribution is 8.00. The average molecular weight is 481 g/mol. The molecule has 0 saturated carbocycles. The molecule has 0 fully saturated rings. The maximum absolute atomic E-state index is 13.3. The first-order valence-corrected chi connectivity index (χ1v) is 11.9. The summed E-state index contributed by atoms with van der Waals surface area (Å²) in [6.07, 6.45) is 3.60. The molecule has 1 amide bonds. The summed E-state index contributed by atoms with van der Waals surface area (Å²) in [4.78, 5) is 21.5. The van der Waals surface area contributed by atoms with Gasteiger partial charge in [-0.15, -0.1) is 5.10 Å². The van der Waals surface area contributed by atoms with Gasteiger partial charge in [0.25, 0.3) is 0 Å². The van der Waals surface area contributed by atoms with Gasteiger partial charge in [-0.1, -0.05) is 47.3 Å². The molecule has 0 aliphatic carbocycles. The first-order valence-electron chi connectivity index (χ1n) is 9.76. The number of hydrogen-bond acceptors (Lipinski definition) is 6. The first-order chi connectivity index (χ1) is 15.6. The van der Waals surface area contributed by atoms with Crippen LogP contribution in [0.5, 0.6) is 0 Å². The third-order valence-electron chi connectivity index (χ3n) is 4.71. The zero-order valence-electron chi connectivity index (χ0n) is 16.9. The fourth-order valence-electron chi connectivity index (χ4n) is 3.29. The Morgan fingerprint density at radius 3 is 2.84 bits per heavy atom. The van der Waals surface area contributed by atoms with E-state index in [1.165, 1.54) is 11.8 Å². The van der Waals surface area contributed by atoms with Crippen LogP contribution in [0.4, 0.5) is 11.4 Å². The zero-order valence-corrected chi connectivity index (χ0v) is 19.3. The monoisotopic (exact) mass is 480 g/mol. The Balaban J connectivity index is 1.32. The van der Waals surface area contributed by atoms with Crippen LogP contribution in [0.25, 0.3) is 12.2 Å². The lowest BCUT2D eigenvalue weighted by Gasteiger charge is -2.31. The van der Waals surface area contributed by atoms with E-state index < -0.39 is 0 Å². The van der Waals surface area contributed by atoms with Gasteiger partial charge in [-0.05, 0) is 61.5 Å². The highest BCUT2D eigenvalue weighted by Crippen LogP contribution is 2.49. The topological polar surface area (TPSA) is 75.0 Å². The number of nitrogens with zero attached hydrogens (tertiary/aromatic N) is 3. The van der Waals surface area contributed by atoms with Gasteiger partial charge in [0.1, 0.15) is 17.3 Å². The highest BCUT2D eigenvalue weighted by Gasteiger charge is 2.28. The summed E-state index contributed by atoms with van der Waals surface area (Å²) in [6, 6.07) is 17.2. The fraction of sp³-hybridized carbons (Fsp3) is 0.0870. The third kappa shape index (κ3) is 4.34. The summed E-state index contributed by atoms with van der Waals surface area (Å²) in [6.45, 7) is 1.89. The number of benzene rings is 2. The van der Waals surface area contributed by atoms with Crippen molar-refractivity contribution < 1.29 is 9.21 Å². The van der Waals surface area contributed by atoms with E-state index in [1.54, 1.807) is 22.7 Å². The third-order valence-corrected chi connectivity index (χ3v) is 6.91. The van der Waals surface area contributed by atoms with Crippen LogP contribution in [0.1, 0.15) is 17.3 Å². The van der Waals surface area contributed by atoms with Gasteiger partial charge in [0.05, 0.1) is 17.1 Å². The number of hydrogen-bond donors (Lipinski definition) is 1. The maximum atomic E-state index is 13.3. The van der Waals surface area contributed by atoms with Gasteiger partial charge in [-0.2, -0.15) is 0 Å². The number of H-pyrrole nitrogens is 1. The van der Waals surface area contributed by atoms with Crippen LogP contribution in [-0.4, -0.2) is 26.8 Å². The average Bonchev–Trinajstić information content (AvgIpc) is 3.43. The molecular formula is C23H17ClN4O2S2. The van der Waals surface area contributed by atoms with Crippen LogP contribution in [0, 0.1) is 6.92 Å². The maximum Gasteiger partial charge on any atom is 0.242 e. The molecule has 2 aromatic heterocycles. The Morgan fingerprint density at radius 2 is 2.00 bits per heavy atom. The molecule has 4 aromatic rings. The van der Waals surface area contributed by atoms with Crippen molar-refractivity contribution in [3.05, 3.63) is 77.0 Å². The molecule has 2 aromatic carbocycles. The lowest BCUT2D eigenvalue weighted by atomic mass is 10.2. The molecule has 0 radical (unpaired) electrons. The predicted molar refractivity (Wildman–Crippen MR) is 129 cm³/mol. The minimum absolute atomic E-state index is 0.0702. The van der Waals surface area contributed by atoms with Crippen molar-refractivity contribution in [1.82, 2.24) is 15.2 Å². The van der Waals surface area contributed by atoms with Crippen LogP contribution >= 0.6 is 35.1 Å². The Hall–Kier alpha value is -2.94. The van der Waals surface area contributed by atoms with E-state index in [0.29, 0.717) is 16.0 Å². The number of furan rings is 1. The smallest absolute Gasteiger partial charge is 0.242 e. The summed E-state index contributed by atoms with van der Waals surface area (Å²) in [7, 11) is 0. The number of rotatable bonds is 5. The molecule has 6 nitrogen and oxygen atoms in total. The molecule has 0 unspecified atom stereocenters. The fourth-order valence-corrected chi connectivity index (χ4v) is 5.15. The Morgan fingerprint density at radius 1 is 1.16 bits per heavy atom. The van der Waals surface area contributed by atoms with Gasteiger partial charge in [0.15, 0.2) is 0 Å². The molecule has 0 bridgehead atoms. The SMILES string of the molecule is Cc1ccc(/C=C/c2nc(SCC(=O)N3c4ccccc4Sc4ccc(Cl)cc43)n[nH]2)o1. The van der Waals surface area contributed by atoms with E-state index in [2.05, 4.69) is 15.2 Å². The number of aryl methyl sites for hydroxylation is 1. The van der Waals surface area contributed by atoms with Crippen LogP contribution in [0.2, 0.25) is 5.02 Å². The lowest BCUT2D eigenvalue weighted by molar-refractivity contribution is -0.115. The van der Waals surface area contributed by atoms with Crippen molar-refractivity contribution in [1.29, 1.82) is 0 Å². The summed E-state index contributed by atoms with van der Waals surface area (Å²) < 4.78 is 5.51. The van der Waals surface area contributed by atoms with Crippen LogP contribution in [0.15, 0.2) is 74.0 Å². The van der Waals surface area contributed by atoms with Gasteiger partial charge in [0.2, 0.25) is 11.1 Å². The number of aromatic nitrogens is 3. The molecule has 9 heteroatoms. The number of anilines is 2. The van der Waals surface area contributed by atoms with Gasteiger partial charge in [-0.25, -0.2) is 4.98 Å². The summed E-state index contributed by atoms with van der Waals surface area (Å²) in [5.74, 6) is 2.29. The molecule has 0 atom stereocenters. The molecular weight excluding hydrogens is 464 g/mol. The van der Waals surface area contributed by atoms with Crippen LogP contribution < -0.4 is 4.90 Å². The standard InChI is InChI=1S/C23H17ClN4O2S2/c1-14-6-8-16(30-14)9-11-21-25-23(27-26-21)31-13-22(29)28-17-4-2-3-5-19(17)32-20-10-7-15(24)12-18(20)28/h2-12H,13H2,1H3,(H,25,26,27)/b11-9+. The van der Waals surface area contributed by atoms with Gasteiger partial charge < -0.3 is 4.42 Å². The molecule has 1 aliphatic heterocycles. The lowest BCUT2D eigenvalue weighted by Crippen LogP contribution is -2.30. The summed E-state index contributed by atoms with van der Waals surface area (Å²) >= 11 is 9.15. The number of halogens is 1. The number of amides is 1. The number of thioether (sulfide) groups is 1. The highest BCUT2D eigenvalue weighted by atomic mass is 35.5. The largest absolute Gasteiger partial charge is 0.462 e. The Bertz CT molecular complexity index is 1330. The second-order valence-electron chi connectivity index (χ2n) is 6.98. The minimum Gasteiger partial charge on any atom is -0.462 e. The predicted octanol–water partition coefficient (Wildman–Crippen LogP) is 6.45. The Kier molecular flexibility index (Phi) is 5.82. The normalized spacial score (nSPS) is 12.8. The van der Waals surface area contributed by atoms with Crippen molar-refractivity contribution in [2.24, 2.45) is 0 Å². The summed E-state index contributed by atoms with van der Waals surface area (Å²) in [5, 5.41) is 8.16. The zero-order chi connectivity index (χ0) is 22.1. The van der Waals surface area contributed by atoms with Crippen molar-refractivity contribution in [3.8, 4) is 0 Å². The number of aromatic amines is 1.